The van der Waals surface area contributed by atoms with Gasteiger partial charge in [-0.05, 0) is 24.6 Å². The van der Waals surface area contributed by atoms with Gasteiger partial charge in [0.1, 0.15) is 0 Å². The molecule has 2 unspecified atom stereocenters. The van der Waals surface area contributed by atoms with Gasteiger partial charge >= 0.3 is 0 Å². The highest BCUT2D eigenvalue weighted by Gasteiger charge is 2.30. The Hall–Kier alpha value is -1.01. The van der Waals surface area contributed by atoms with Crippen LogP contribution in [0.1, 0.15) is 18.5 Å². The summed E-state index contributed by atoms with van der Waals surface area (Å²) in [5.74, 6) is -1.89. The minimum Gasteiger partial charge on any atom is -0.306 e. The maximum atomic E-state index is 13.1. The lowest BCUT2D eigenvalue weighted by molar-refractivity contribution is 0.462. The third-order valence-electron chi connectivity index (χ3n) is 2.76. The molecule has 0 saturated carbocycles. The molecule has 0 aliphatic carbocycles. The van der Waals surface area contributed by atoms with Gasteiger partial charge in [0, 0.05) is 12.1 Å². The van der Waals surface area contributed by atoms with Gasteiger partial charge in [-0.2, -0.15) is 0 Å². The second-order valence-corrected chi connectivity index (χ2v) is 6.52. The number of nitrogens with one attached hydrogen (secondary N) is 1. The number of hydrogen-bond donors (Lipinski definition) is 1. The van der Waals surface area contributed by atoms with E-state index in [1.165, 1.54) is 6.07 Å². The van der Waals surface area contributed by atoms with E-state index in [0.717, 1.165) is 12.1 Å². The van der Waals surface area contributed by atoms with Crippen LogP contribution in [0.25, 0.3) is 0 Å². The van der Waals surface area contributed by atoms with E-state index in [9.17, 15) is 17.2 Å². The first-order valence-electron chi connectivity index (χ1n) is 5.29. The Labute approximate surface area is 98.8 Å². The van der Waals surface area contributed by atoms with Gasteiger partial charge in [-0.3, -0.25) is 0 Å². The maximum absolute atomic E-state index is 13.1. The van der Waals surface area contributed by atoms with E-state index in [1.807, 2.05) is 0 Å². The molecule has 3 nitrogen and oxygen atoms in total. The van der Waals surface area contributed by atoms with Crippen molar-refractivity contribution in [1.29, 1.82) is 0 Å². The molecule has 0 bridgehead atoms. The molecule has 0 spiro atoms. The predicted octanol–water partition coefficient (Wildman–Crippen LogP) is 1.41. The zero-order valence-electron chi connectivity index (χ0n) is 9.28. The summed E-state index contributed by atoms with van der Waals surface area (Å²) in [4.78, 5) is 0. The third-order valence-corrected chi connectivity index (χ3v) is 4.61. The van der Waals surface area contributed by atoms with Gasteiger partial charge < -0.3 is 5.32 Å². The molecule has 1 saturated heterocycles. The Morgan fingerprint density at radius 1 is 1.24 bits per heavy atom. The number of hydrogen-bond acceptors (Lipinski definition) is 3. The van der Waals surface area contributed by atoms with Crippen LogP contribution in [0.2, 0.25) is 0 Å². The van der Waals surface area contributed by atoms with Crippen LogP contribution in [-0.2, 0) is 9.84 Å². The molecule has 1 aromatic rings. The highest BCUT2D eigenvalue weighted by atomic mass is 32.2. The summed E-state index contributed by atoms with van der Waals surface area (Å²) in [5, 5.41) is 3.07. The fourth-order valence-electron chi connectivity index (χ4n) is 2.06. The zero-order chi connectivity index (χ0) is 12.6. The van der Waals surface area contributed by atoms with Crippen LogP contribution in [0, 0.1) is 11.6 Å². The molecular formula is C11H13F2NO2S. The lowest BCUT2D eigenvalue weighted by Crippen LogP contribution is -2.45. The molecule has 2 rings (SSSR count). The quantitative estimate of drug-likeness (QED) is 0.831. The van der Waals surface area contributed by atoms with E-state index in [0.29, 0.717) is 5.56 Å². The van der Waals surface area contributed by atoms with E-state index in [1.54, 1.807) is 6.92 Å². The molecule has 1 aromatic carbocycles. The molecule has 1 aliphatic heterocycles. The number of rotatable bonds is 1. The van der Waals surface area contributed by atoms with Crippen molar-refractivity contribution in [3.05, 3.63) is 35.4 Å². The molecule has 1 N–H and O–H groups in total. The summed E-state index contributed by atoms with van der Waals surface area (Å²) in [6.07, 6.45) is 0. The van der Waals surface area contributed by atoms with Gasteiger partial charge in [-0.25, -0.2) is 17.2 Å². The van der Waals surface area contributed by atoms with Crippen molar-refractivity contribution in [1.82, 2.24) is 5.32 Å². The predicted molar refractivity (Wildman–Crippen MR) is 60.4 cm³/mol. The lowest BCUT2D eigenvalue weighted by atomic mass is 10.1. The molecular weight excluding hydrogens is 248 g/mol. The molecule has 17 heavy (non-hydrogen) atoms. The van der Waals surface area contributed by atoms with E-state index >= 15 is 0 Å². The number of halogens is 2. The van der Waals surface area contributed by atoms with Crippen molar-refractivity contribution < 1.29 is 17.2 Å². The highest BCUT2D eigenvalue weighted by Crippen LogP contribution is 2.22. The first kappa shape index (κ1) is 12.4. The molecule has 0 amide bonds. The average molecular weight is 261 g/mol. The first-order chi connectivity index (χ1) is 7.87. The van der Waals surface area contributed by atoms with Gasteiger partial charge in [0.2, 0.25) is 0 Å². The largest absolute Gasteiger partial charge is 0.306 e. The van der Waals surface area contributed by atoms with Gasteiger partial charge in [0.15, 0.2) is 21.5 Å². The molecule has 1 fully saturated rings. The van der Waals surface area contributed by atoms with Crippen molar-refractivity contribution in [3.63, 3.8) is 0 Å². The Morgan fingerprint density at radius 2 is 1.94 bits per heavy atom. The Bertz CT molecular complexity index is 530. The van der Waals surface area contributed by atoms with E-state index in [2.05, 4.69) is 5.32 Å². The molecule has 2 atom stereocenters. The van der Waals surface area contributed by atoms with Gasteiger partial charge in [0.25, 0.3) is 0 Å². The van der Waals surface area contributed by atoms with Crippen molar-refractivity contribution >= 4 is 9.84 Å². The van der Waals surface area contributed by atoms with Crippen LogP contribution in [-0.4, -0.2) is 26.0 Å². The second kappa shape index (κ2) is 4.34. The lowest BCUT2D eigenvalue weighted by Gasteiger charge is -2.29. The minimum atomic E-state index is -3.13. The van der Waals surface area contributed by atoms with Gasteiger partial charge in [-0.15, -0.1) is 0 Å². The van der Waals surface area contributed by atoms with E-state index in [-0.39, 0.29) is 17.5 Å². The normalized spacial score (nSPS) is 27.9. The second-order valence-electron chi connectivity index (χ2n) is 4.37. The molecule has 0 radical (unpaired) electrons. The molecule has 1 heterocycles. The SMILES string of the molecule is CC1CS(=O)(=O)CC(c2ccc(F)c(F)c2)N1. The molecule has 1 aliphatic rings. The molecule has 94 valence electrons. The molecule has 0 aromatic heterocycles. The summed E-state index contributed by atoms with van der Waals surface area (Å²) < 4.78 is 49.0. The summed E-state index contributed by atoms with van der Waals surface area (Å²) in [6, 6.07) is 2.80. The summed E-state index contributed by atoms with van der Waals surface area (Å²) in [5.41, 5.74) is 0.457. The monoisotopic (exact) mass is 261 g/mol. The van der Waals surface area contributed by atoms with Crippen molar-refractivity contribution in [3.8, 4) is 0 Å². The number of benzene rings is 1. The zero-order valence-corrected chi connectivity index (χ0v) is 10.1. The Morgan fingerprint density at radius 3 is 2.53 bits per heavy atom. The van der Waals surface area contributed by atoms with Crippen LogP contribution in [0.3, 0.4) is 0 Å². The van der Waals surface area contributed by atoms with E-state index in [4.69, 9.17) is 0 Å². The Kier molecular flexibility index (Phi) is 3.18. The smallest absolute Gasteiger partial charge is 0.159 e. The van der Waals surface area contributed by atoms with Crippen molar-refractivity contribution in [2.24, 2.45) is 0 Å². The first-order valence-corrected chi connectivity index (χ1v) is 7.11. The standard InChI is InChI=1S/C11H13F2NO2S/c1-7-5-17(15,16)6-11(14-7)8-2-3-9(12)10(13)4-8/h2-4,7,11,14H,5-6H2,1H3. The fraction of sp³-hybridized carbons (Fsp3) is 0.455. The number of sulfone groups is 1. The topological polar surface area (TPSA) is 46.2 Å². The van der Waals surface area contributed by atoms with Crippen molar-refractivity contribution in [2.75, 3.05) is 11.5 Å². The van der Waals surface area contributed by atoms with Crippen LogP contribution in [0.15, 0.2) is 18.2 Å². The minimum absolute atomic E-state index is 0.0766. The van der Waals surface area contributed by atoms with Crippen LogP contribution >= 0.6 is 0 Å². The van der Waals surface area contributed by atoms with Gasteiger partial charge in [-0.1, -0.05) is 6.07 Å². The van der Waals surface area contributed by atoms with Crippen molar-refractivity contribution in [2.45, 2.75) is 19.0 Å². The van der Waals surface area contributed by atoms with Crippen LogP contribution in [0.4, 0.5) is 8.78 Å². The molecule has 6 heteroatoms. The third kappa shape index (κ3) is 2.81. The summed E-state index contributed by atoms with van der Waals surface area (Å²) >= 11 is 0. The average Bonchev–Trinajstić information content (AvgIpc) is 2.19. The fourth-order valence-corrected chi connectivity index (χ4v) is 3.85. The summed E-state index contributed by atoms with van der Waals surface area (Å²) in [6.45, 7) is 1.75. The highest BCUT2D eigenvalue weighted by molar-refractivity contribution is 7.91. The van der Waals surface area contributed by atoms with Gasteiger partial charge in [0.05, 0.1) is 11.5 Å². The van der Waals surface area contributed by atoms with Crippen LogP contribution in [0.5, 0.6) is 0 Å². The maximum Gasteiger partial charge on any atom is 0.159 e. The Balaban J connectivity index is 2.30. The van der Waals surface area contributed by atoms with Crippen LogP contribution < -0.4 is 5.32 Å². The van der Waals surface area contributed by atoms with E-state index < -0.39 is 27.5 Å². The summed E-state index contributed by atoms with van der Waals surface area (Å²) in [7, 11) is -3.13.